The van der Waals surface area contributed by atoms with E-state index < -0.39 is 11.6 Å². The average molecular weight is 289 g/mol. The second-order valence-corrected chi connectivity index (χ2v) is 5.32. The molecule has 0 N–H and O–H groups in total. The first-order valence-electron chi connectivity index (χ1n) is 5.92. The molecular weight excluding hydrogens is 280 g/mol. The van der Waals surface area contributed by atoms with Crippen LogP contribution in [0.3, 0.4) is 0 Å². The van der Waals surface area contributed by atoms with E-state index in [1.165, 1.54) is 0 Å². The van der Waals surface area contributed by atoms with Crippen molar-refractivity contribution >= 4 is 22.4 Å². The molecule has 1 aromatic carbocycles. The zero-order valence-electron chi connectivity index (χ0n) is 10.3. The number of hydrogen-bond acceptors (Lipinski definition) is 3. The predicted octanol–water partition coefficient (Wildman–Crippen LogP) is 3.49. The Morgan fingerprint density at radius 1 is 1.30 bits per heavy atom. The average Bonchev–Trinajstić information content (AvgIpc) is 3.02. The SMILES string of the molecule is N#CCn1c(Cc2cccs2)nc2cc(F)c(F)cc21. The molecule has 0 fully saturated rings. The minimum atomic E-state index is -0.931. The Labute approximate surface area is 117 Å². The number of nitriles is 1. The highest BCUT2D eigenvalue weighted by atomic mass is 32.1. The molecule has 0 amide bonds. The van der Waals surface area contributed by atoms with E-state index in [1.54, 1.807) is 15.9 Å². The molecule has 0 aliphatic carbocycles. The van der Waals surface area contributed by atoms with E-state index in [0.717, 1.165) is 17.0 Å². The minimum absolute atomic E-state index is 0.0578. The fourth-order valence-electron chi connectivity index (χ4n) is 2.12. The zero-order valence-corrected chi connectivity index (χ0v) is 11.1. The van der Waals surface area contributed by atoms with E-state index >= 15 is 0 Å². The van der Waals surface area contributed by atoms with Gasteiger partial charge in [0.1, 0.15) is 12.4 Å². The molecule has 0 saturated heterocycles. The van der Waals surface area contributed by atoms with Gasteiger partial charge in [-0.25, -0.2) is 13.8 Å². The number of nitrogens with zero attached hydrogens (tertiary/aromatic N) is 3. The molecule has 6 heteroatoms. The Hall–Kier alpha value is -2.26. The number of benzene rings is 1. The second-order valence-electron chi connectivity index (χ2n) is 4.28. The van der Waals surface area contributed by atoms with Crippen molar-refractivity contribution in [1.82, 2.24) is 9.55 Å². The number of rotatable bonds is 3. The Morgan fingerprint density at radius 2 is 2.10 bits per heavy atom. The molecule has 100 valence electrons. The van der Waals surface area contributed by atoms with Crippen LogP contribution < -0.4 is 0 Å². The van der Waals surface area contributed by atoms with Gasteiger partial charge in [-0.05, 0) is 11.4 Å². The molecule has 0 aliphatic rings. The van der Waals surface area contributed by atoms with Crippen LogP contribution in [0.4, 0.5) is 8.78 Å². The summed E-state index contributed by atoms with van der Waals surface area (Å²) in [5, 5.41) is 10.9. The molecule has 0 spiro atoms. The molecule has 0 radical (unpaired) electrons. The monoisotopic (exact) mass is 289 g/mol. The summed E-state index contributed by atoms with van der Waals surface area (Å²) in [7, 11) is 0. The molecular formula is C14H9F2N3S. The molecule has 0 aliphatic heterocycles. The van der Waals surface area contributed by atoms with Crippen LogP contribution in [0.1, 0.15) is 10.7 Å². The summed E-state index contributed by atoms with van der Waals surface area (Å²) < 4.78 is 28.2. The van der Waals surface area contributed by atoms with E-state index in [2.05, 4.69) is 4.98 Å². The highest BCUT2D eigenvalue weighted by molar-refractivity contribution is 7.09. The standard InChI is InChI=1S/C14H9F2N3S/c15-10-7-12-13(8-11(10)16)19(4-3-17)14(18-12)6-9-2-1-5-20-9/h1-2,5,7-8H,4,6H2. The van der Waals surface area contributed by atoms with Gasteiger partial charge in [0, 0.05) is 23.4 Å². The molecule has 0 bridgehead atoms. The smallest absolute Gasteiger partial charge is 0.161 e. The summed E-state index contributed by atoms with van der Waals surface area (Å²) in [6.07, 6.45) is 0.539. The normalized spacial score (nSPS) is 10.8. The van der Waals surface area contributed by atoms with Gasteiger partial charge in [0.05, 0.1) is 17.1 Å². The molecule has 3 rings (SSSR count). The van der Waals surface area contributed by atoms with Crippen LogP contribution >= 0.6 is 11.3 Å². The van der Waals surface area contributed by atoms with Crippen molar-refractivity contribution in [1.29, 1.82) is 5.26 Å². The lowest BCUT2D eigenvalue weighted by Crippen LogP contribution is -2.03. The van der Waals surface area contributed by atoms with Gasteiger partial charge in [-0.2, -0.15) is 5.26 Å². The lowest BCUT2D eigenvalue weighted by molar-refractivity contribution is 0.510. The van der Waals surface area contributed by atoms with Crippen LogP contribution in [-0.4, -0.2) is 9.55 Å². The van der Waals surface area contributed by atoms with Crippen molar-refractivity contribution in [3.05, 3.63) is 52.0 Å². The van der Waals surface area contributed by atoms with Crippen LogP contribution in [0.2, 0.25) is 0 Å². The van der Waals surface area contributed by atoms with Gasteiger partial charge >= 0.3 is 0 Å². The lowest BCUT2D eigenvalue weighted by Gasteiger charge is -2.03. The highest BCUT2D eigenvalue weighted by Crippen LogP contribution is 2.22. The first-order valence-corrected chi connectivity index (χ1v) is 6.80. The van der Waals surface area contributed by atoms with Gasteiger partial charge in [-0.15, -0.1) is 11.3 Å². The number of aromatic nitrogens is 2. The van der Waals surface area contributed by atoms with Gasteiger partial charge in [0.25, 0.3) is 0 Å². The van der Waals surface area contributed by atoms with Crippen molar-refractivity contribution in [2.75, 3.05) is 0 Å². The summed E-state index contributed by atoms with van der Waals surface area (Å²) in [6.45, 7) is 0.0578. The third kappa shape index (κ3) is 2.17. The van der Waals surface area contributed by atoms with Gasteiger partial charge in [0.15, 0.2) is 11.6 Å². The Morgan fingerprint density at radius 3 is 2.80 bits per heavy atom. The molecule has 0 saturated carbocycles. The van der Waals surface area contributed by atoms with Gasteiger partial charge in [0.2, 0.25) is 0 Å². The van der Waals surface area contributed by atoms with Crippen LogP contribution in [0, 0.1) is 23.0 Å². The van der Waals surface area contributed by atoms with Crippen molar-refractivity contribution in [3.8, 4) is 6.07 Å². The lowest BCUT2D eigenvalue weighted by atomic mass is 10.3. The Kier molecular flexibility index (Phi) is 3.20. The maximum Gasteiger partial charge on any atom is 0.161 e. The number of thiophene rings is 1. The molecule has 0 atom stereocenters. The molecule has 3 nitrogen and oxygen atoms in total. The first-order chi connectivity index (χ1) is 9.69. The second kappa shape index (κ2) is 5.02. The van der Waals surface area contributed by atoms with Gasteiger partial charge < -0.3 is 4.57 Å². The van der Waals surface area contributed by atoms with Crippen molar-refractivity contribution < 1.29 is 8.78 Å². The molecule has 20 heavy (non-hydrogen) atoms. The molecule has 3 aromatic rings. The van der Waals surface area contributed by atoms with Crippen LogP contribution in [-0.2, 0) is 13.0 Å². The summed E-state index contributed by atoms with van der Waals surface area (Å²) in [4.78, 5) is 5.40. The van der Waals surface area contributed by atoms with Crippen LogP contribution in [0.5, 0.6) is 0 Å². The molecule has 0 unspecified atom stereocenters. The predicted molar refractivity (Wildman–Crippen MR) is 72.4 cm³/mol. The van der Waals surface area contributed by atoms with Crippen LogP contribution in [0.25, 0.3) is 11.0 Å². The first kappa shape index (κ1) is 12.8. The summed E-state index contributed by atoms with van der Waals surface area (Å²) in [5.41, 5.74) is 0.808. The van der Waals surface area contributed by atoms with E-state index in [-0.39, 0.29) is 6.54 Å². The molecule has 2 heterocycles. The Bertz CT molecular complexity index is 800. The van der Waals surface area contributed by atoms with Gasteiger partial charge in [-0.3, -0.25) is 0 Å². The topological polar surface area (TPSA) is 41.6 Å². The fourth-order valence-corrected chi connectivity index (χ4v) is 2.82. The maximum atomic E-state index is 13.4. The number of halogens is 2. The van der Waals surface area contributed by atoms with E-state index in [0.29, 0.717) is 23.3 Å². The summed E-state index contributed by atoms with van der Waals surface area (Å²) in [5.74, 6) is -1.23. The fraction of sp³-hybridized carbons (Fsp3) is 0.143. The maximum absolute atomic E-state index is 13.4. The highest BCUT2D eigenvalue weighted by Gasteiger charge is 2.14. The molecule has 2 aromatic heterocycles. The van der Waals surface area contributed by atoms with E-state index in [9.17, 15) is 8.78 Å². The number of hydrogen-bond donors (Lipinski definition) is 0. The van der Waals surface area contributed by atoms with Crippen molar-refractivity contribution in [3.63, 3.8) is 0 Å². The third-order valence-electron chi connectivity index (χ3n) is 3.01. The van der Waals surface area contributed by atoms with Gasteiger partial charge in [-0.1, -0.05) is 6.07 Å². The van der Waals surface area contributed by atoms with Crippen molar-refractivity contribution in [2.45, 2.75) is 13.0 Å². The largest absolute Gasteiger partial charge is 0.314 e. The quantitative estimate of drug-likeness (QED) is 0.740. The van der Waals surface area contributed by atoms with Crippen LogP contribution in [0.15, 0.2) is 29.6 Å². The minimum Gasteiger partial charge on any atom is -0.314 e. The summed E-state index contributed by atoms with van der Waals surface area (Å²) in [6, 6.07) is 8.07. The zero-order chi connectivity index (χ0) is 14.1. The van der Waals surface area contributed by atoms with E-state index in [1.807, 2.05) is 23.6 Å². The number of imidazole rings is 1. The summed E-state index contributed by atoms with van der Waals surface area (Å²) >= 11 is 1.58. The number of fused-ring (bicyclic) bond motifs is 1. The van der Waals surface area contributed by atoms with E-state index in [4.69, 9.17) is 5.26 Å². The Balaban J connectivity index is 2.15. The third-order valence-corrected chi connectivity index (χ3v) is 3.89. The van der Waals surface area contributed by atoms with Crippen molar-refractivity contribution in [2.24, 2.45) is 0 Å².